The first-order valence-corrected chi connectivity index (χ1v) is 11.6. The van der Waals surface area contributed by atoms with Gasteiger partial charge >= 0.3 is 6.03 Å². The van der Waals surface area contributed by atoms with Gasteiger partial charge in [0, 0.05) is 23.8 Å². The molecule has 0 saturated carbocycles. The second kappa shape index (κ2) is 10.6. The molecule has 0 bridgehead atoms. The number of hydrogen-bond acceptors (Lipinski definition) is 3. The second-order valence-electron chi connectivity index (χ2n) is 7.95. The predicted molar refractivity (Wildman–Crippen MR) is 132 cm³/mol. The third kappa shape index (κ3) is 5.13. The Bertz CT molecular complexity index is 1140. The third-order valence-corrected chi connectivity index (χ3v) is 5.88. The van der Waals surface area contributed by atoms with E-state index >= 15 is 0 Å². The SMILES string of the molecule is CCCCN(C(=O)Nc1ccc(C)cc1)C(CC)c1nc2cc(Cl)ccc2c(=O)n1CC. The summed E-state index contributed by atoms with van der Waals surface area (Å²) in [5, 5.41) is 4.06. The van der Waals surface area contributed by atoms with Gasteiger partial charge in [0.25, 0.3) is 5.56 Å². The Morgan fingerprint density at radius 3 is 2.50 bits per heavy atom. The first-order chi connectivity index (χ1) is 15.4. The summed E-state index contributed by atoms with van der Waals surface area (Å²) in [6, 6.07) is 12.3. The average Bonchev–Trinajstić information content (AvgIpc) is 2.78. The van der Waals surface area contributed by atoms with E-state index in [0.717, 1.165) is 24.1 Å². The van der Waals surface area contributed by atoms with Crippen LogP contribution in [0.3, 0.4) is 0 Å². The van der Waals surface area contributed by atoms with Gasteiger partial charge in [-0.05, 0) is 57.0 Å². The van der Waals surface area contributed by atoms with Crippen LogP contribution in [0.4, 0.5) is 10.5 Å². The van der Waals surface area contributed by atoms with Crippen LogP contribution < -0.4 is 10.9 Å². The van der Waals surface area contributed by atoms with Crippen molar-refractivity contribution in [1.29, 1.82) is 0 Å². The van der Waals surface area contributed by atoms with Crippen molar-refractivity contribution in [3.63, 3.8) is 0 Å². The minimum atomic E-state index is -0.344. The van der Waals surface area contributed by atoms with Crippen LogP contribution in [0.2, 0.25) is 5.02 Å². The maximum atomic E-state index is 13.4. The van der Waals surface area contributed by atoms with Crippen molar-refractivity contribution in [2.75, 3.05) is 11.9 Å². The van der Waals surface area contributed by atoms with Crippen LogP contribution in [-0.4, -0.2) is 27.0 Å². The zero-order valence-corrected chi connectivity index (χ0v) is 19.9. The van der Waals surface area contributed by atoms with Crippen molar-refractivity contribution in [2.24, 2.45) is 0 Å². The Hall–Kier alpha value is -2.86. The Kier molecular flexibility index (Phi) is 7.91. The van der Waals surface area contributed by atoms with Crippen LogP contribution in [0.15, 0.2) is 47.3 Å². The first kappa shape index (κ1) is 23.8. The number of anilines is 1. The molecule has 2 amide bonds. The van der Waals surface area contributed by atoms with E-state index < -0.39 is 0 Å². The highest BCUT2D eigenvalue weighted by atomic mass is 35.5. The number of nitrogens with zero attached hydrogens (tertiary/aromatic N) is 3. The topological polar surface area (TPSA) is 67.2 Å². The van der Waals surface area contributed by atoms with E-state index in [-0.39, 0.29) is 17.6 Å². The van der Waals surface area contributed by atoms with Gasteiger partial charge < -0.3 is 10.2 Å². The number of aromatic nitrogens is 2. The summed E-state index contributed by atoms with van der Waals surface area (Å²) in [5.41, 5.74) is 2.30. The maximum absolute atomic E-state index is 13.4. The summed E-state index contributed by atoms with van der Waals surface area (Å²) in [4.78, 5) is 33.2. The second-order valence-corrected chi connectivity index (χ2v) is 8.38. The molecular weight excluding hydrogens is 424 g/mol. The molecule has 1 heterocycles. The number of carbonyl (C=O) groups excluding carboxylic acids is 1. The lowest BCUT2D eigenvalue weighted by molar-refractivity contribution is 0.178. The molecule has 1 atom stereocenters. The van der Waals surface area contributed by atoms with Crippen LogP contribution in [0.1, 0.15) is 57.5 Å². The molecule has 3 aromatic rings. The number of nitrogens with one attached hydrogen (secondary N) is 1. The van der Waals surface area contributed by atoms with Crippen molar-refractivity contribution in [1.82, 2.24) is 14.5 Å². The molecule has 1 aromatic heterocycles. The number of aryl methyl sites for hydroxylation is 1. The normalized spacial score (nSPS) is 12.0. The number of rotatable bonds is 8. The van der Waals surface area contributed by atoms with E-state index in [2.05, 4.69) is 12.2 Å². The predicted octanol–water partition coefficient (Wildman–Crippen LogP) is 6.16. The van der Waals surface area contributed by atoms with E-state index in [1.54, 1.807) is 27.7 Å². The summed E-state index contributed by atoms with van der Waals surface area (Å²) in [6.45, 7) is 9.07. The van der Waals surface area contributed by atoms with E-state index in [9.17, 15) is 9.59 Å². The number of benzene rings is 2. The van der Waals surface area contributed by atoms with E-state index in [0.29, 0.717) is 41.3 Å². The lowest BCUT2D eigenvalue weighted by atomic mass is 10.1. The molecule has 0 aliphatic heterocycles. The molecule has 0 aliphatic carbocycles. The lowest BCUT2D eigenvalue weighted by Gasteiger charge is -2.32. The highest BCUT2D eigenvalue weighted by molar-refractivity contribution is 6.31. The van der Waals surface area contributed by atoms with E-state index in [1.165, 1.54) is 0 Å². The van der Waals surface area contributed by atoms with Crippen LogP contribution in [0.5, 0.6) is 0 Å². The summed E-state index contributed by atoms with van der Waals surface area (Å²) >= 11 is 6.17. The van der Waals surface area contributed by atoms with Gasteiger partial charge in [0.15, 0.2) is 0 Å². The largest absolute Gasteiger partial charge is 0.322 e. The number of fused-ring (bicyclic) bond motifs is 1. The Labute approximate surface area is 194 Å². The Morgan fingerprint density at radius 1 is 1.16 bits per heavy atom. The quantitative estimate of drug-likeness (QED) is 0.443. The summed E-state index contributed by atoms with van der Waals surface area (Å²) in [7, 11) is 0. The van der Waals surface area contributed by atoms with Crippen molar-refractivity contribution < 1.29 is 4.79 Å². The zero-order chi connectivity index (χ0) is 23.3. The molecule has 0 fully saturated rings. The van der Waals surface area contributed by atoms with Crippen LogP contribution >= 0.6 is 11.6 Å². The third-order valence-electron chi connectivity index (χ3n) is 5.64. The fraction of sp³-hybridized carbons (Fsp3) is 0.400. The van der Waals surface area contributed by atoms with Gasteiger partial charge in [0.1, 0.15) is 5.82 Å². The molecule has 6 nitrogen and oxygen atoms in total. The number of hydrogen-bond donors (Lipinski definition) is 1. The van der Waals surface area contributed by atoms with Crippen molar-refractivity contribution >= 4 is 34.2 Å². The Balaban J connectivity index is 2.06. The summed E-state index contributed by atoms with van der Waals surface area (Å²) in [5.74, 6) is 0.588. The highest BCUT2D eigenvalue weighted by Gasteiger charge is 2.28. The Morgan fingerprint density at radius 2 is 1.88 bits per heavy atom. The van der Waals surface area contributed by atoms with Gasteiger partial charge in [-0.2, -0.15) is 0 Å². The van der Waals surface area contributed by atoms with Gasteiger partial charge in [0.2, 0.25) is 0 Å². The summed E-state index contributed by atoms with van der Waals surface area (Å²) in [6.07, 6.45) is 2.43. The van der Waals surface area contributed by atoms with Gasteiger partial charge in [-0.25, -0.2) is 9.78 Å². The molecule has 0 radical (unpaired) electrons. The molecule has 3 rings (SSSR count). The molecule has 1 unspecified atom stereocenters. The fourth-order valence-electron chi connectivity index (χ4n) is 3.87. The first-order valence-electron chi connectivity index (χ1n) is 11.2. The van der Waals surface area contributed by atoms with Crippen molar-refractivity contribution in [3.8, 4) is 0 Å². The van der Waals surface area contributed by atoms with Crippen molar-refractivity contribution in [3.05, 3.63) is 69.2 Å². The van der Waals surface area contributed by atoms with Crippen LogP contribution in [0, 0.1) is 6.92 Å². The smallest absolute Gasteiger partial charge is 0.314 e. The van der Waals surface area contributed by atoms with E-state index in [4.69, 9.17) is 16.6 Å². The monoisotopic (exact) mass is 454 g/mol. The average molecular weight is 455 g/mol. The molecule has 0 spiro atoms. The minimum Gasteiger partial charge on any atom is -0.314 e. The van der Waals surface area contributed by atoms with Gasteiger partial charge in [-0.1, -0.05) is 49.6 Å². The number of urea groups is 1. The molecule has 0 saturated heterocycles. The van der Waals surface area contributed by atoms with Gasteiger partial charge in [0.05, 0.1) is 16.9 Å². The van der Waals surface area contributed by atoms with Crippen LogP contribution in [-0.2, 0) is 6.54 Å². The summed E-state index contributed by atoms with van der Waals surface area (Å²) < 4.78 is 1.67. The molecule has 170 valence electrons. The number of amides is 2. The molecular formula is C25H31ClN4O2. The number of carbonyl (C=O) groups is 1. The number of halogens is 1. The maximum Gasteiger partial charge on any atom is 0.322 e. The fourth-order valence-corrected chi connectivity index (χ4v) is 4.04. The molecule has 32 heavy (non-hydrogen) atoms. The van der Waals surface area contributed by atoms with Crippen molar-refractivity contribution in [2.45, 2.75) is 59.5 Å². The molecule has 1 N–H and O–H groups in total. The minimum absolute atomic E-state index is 0.114. The standard InChI is InChI=1S/C25H31ClN4O2/c1-5-8-15-30(25(32)27-19-12-9-17(4)10-13-19)22(6-2)23-28-21-16-18(26)11-14-20(21)24(31)29(23)7-3/h9-14,16,22H,5-8,15H2,1-4H3,(H,27,32). The zero-order valence-electron chi connectivity index (χ0n) is 19.2. The molecule has 2 aromatic carbocycles. The van der Waals surface area contributed by atoms with Gasteiger partial charge in [-0.3, -0.25) is 9.36 Å². The van der Waals surface area contributed by atoms with Crippen LogP contribution in [0.25, 0.3) is 10.9 Å². The molecule has 7 heteroatoms. The molecule has 0 aliphatic rings. The number of unbranched alkanes of at least 4 members (excludes halogenated alkanes) is 1. The van der Waals surface area contributed by atoms with E-state index in [1.807, 2.05) is 45.0 Å². The lowest BCUT2D eigenvalue weighted by Crippen LogP contribution is -2.41. The van der Waals surface area contributed by atoms with Gasteiger partial charge in [-0.15, -0.1) is 0 Å². The highest BCUT2D eigenvalue weighted by Crippen LogP contribution is 2.26.